The van der Waals surface area contributed by atoms with Gasteiger partial charge in [0, 0.05) is 19.8 Å². The number of hydrogen-bond acceptors (Lipinski definition) is 5. The van der Waals surface area contributed by atoms with Crippen LogP contribution in [0.3, 0.4) is 0 Å². The van der Waals surface area contributed by atoms with Crippen LogP contribution < -0.4 is 10.1 Å². The standard InChI is InChI=1S/C16H18N2O4/c1-2-20-9-5-8-17-16(19)14-12-10-21-13-7-4-3-6-11(13)15(12)22-18-14/h3-4,6-7H,2,5,8-10H2,1H3,(H,17,19). The van der Waals surface area contributed by atoms with Gasteiger partial charge in [0.25, 0.3) is 5.91 Å². The Morgan fingerprint density at radius 2 is 2.27 bits per heavy atom. The molecule has 0 saturated heterocycles. The molecule has 3 rings (SSSR count). The average molecular weight is 302 g/mol. The Morgan fingerprint density at radius 1 is 1.41 bits per heavy atom. The summed E-state index contributed by atoms with van der Waals surface area (Å²) in [6.07, 6.45) is 0.763. The lowest BCUT2D eigenvalue weighted by Gasteiger charge is -2.15. The highest BCUT2D eigenvalue weighted by Crippen LogP contribution is 2.38. The summed E-state index contributed by atoms with van der Waals surface area (Å²) < 4.78 is 16.3. The predicted molar refractivity (Wildman–Crippen MR) is 79.7 cm³/mol. The summed E-state index contributed by atoms with van der Waals surface area (Å²) in [6, 6.07) is 7.55. The van der Waals surface area contributed by atoms with E-state index in [1.807, 2.05) is 31.2 Å². The van der Waals surface area contributed by atoms with Crippen LogP contribution in [-0.2, 0) is 11.3 Å². The number of carbonyl (C=O) groups excluding carboxylic acids is 1. The Hall–Kier alpha value is -2.34. The van der Waals surface area contributed by atoms with E-state index in [4.69, 9.17) is 14.0 Å². The summed E-state index contributed by atoms with van der Waals surface area (Å²) >= 11 is 0. The van der Waals surface area contributed by atoms with Crippen molar-refractivity contribution in [3.8, 4) is 17.1 Å². The normalized spacial score (nSPS) is 12.2. The van der Waals surface area contributed by atoms with Gasteiger partial charge in [-0.15, -0.1) is 0 Å². The molecule has 0 atom stereocenters. The molecule has 0 bridgehead atoms. The largest absolute Gasteiger partial charge is 0.488 e. The molecular formula is C16H18N2O4. The molecule has 0 radical (unpaired) electrons. The molecule has 6 heteroatoms. The van der Waals surface area contributed by atoms with Crippen molar-refractivity contribution in [3.05, 3.63) is 35.5 Å². The van der Waals surface area contributed by atoms with Crippen LogP contribution in [0.1, 0.15) is 29.4 Å². The van der Waals surface area contributed by atoms with Gasteiger partial charge in [-0.1, -0.05) is 17.3 Å². The van der Waals surface area contributed by atoms with Crippen molar-refractivity contribution < 1.29 is 18.8 Å². The molecule has 1 aliphatic heterocycles. The molecule has 0 unspecified atom stereocenters. The van der Waals surface area contributed by atoms with E-state index >= 15 is 0 Å². The van der Waals surface area contributed by atoms with Crippen LogP contribution in [0.2, 0.25) is 0 Å². The monoisotopic (exact) mass is 302 g/mol. The fraction of sp³-hybridized carbons (Fsp3) is 0.375. The van der Waals surface area contributed by atoms with Crippen molar-refractivity contribution >= 4 is 5.91 Å². The van der Waals surface area contributed by atoms with Crippen molar-refractivity contribution in [1.29, 1.82) is 0 Å². The zero-order valence-corrected chi connectivity index (χ0v) is 12.4. The van der Waals surface area contributed by atoms with Crippen molar-refractivity contribution in [2.24, 2.45) is 0 Å². The Labute approximate surface area is 128 Å². The van der Waals surface area contributed by atoms with Gasteiger partial charge in [0.05, 0.1) is 11.1 Å². The van der Waals surface area contributed by atoms with E-state index in [1.54, 1.807) is 0 Å². The Balaban J connectivity index is 1.70. The molecule has 1 aliphatic rings. The first-order chi connectivity index (χ1) is 10.8. The molecule has 0 spiro atoms. The fourth-order valence-corrected chi connectivity index (χ4v) is 2.37. The average Bonchev–Trinajstić information content (AvgIpc) is 2.99. The quantitative estimate of drug-likeness (QED) is 0.829. The Morgan fingerprint density at radius 3 is 3.14 bits per heavy atom. The number of aromatic nitrogens is 1. The van der Waals surface area contributed by atoms with E-state index in [1.165, 1.54) is 0 Å². The number of amides is 1. The highest BCUT2D eigenvalue weighted by Gasteiger charge is 2.28. The topological polar surface area (TPSA) is 73.6 Å². The first-order valence-electron chi connectivity index (χ1n) is 7.38. The number of benzene rings is 1. The van der Waals surface area contributed by atoms with E-state index in [0.717, 1.165) is 17.7 Å². The SMILES string of the molecule is CCOCCCNC(=O)c1noc2c1COc1ccccc1-2. The summed E-state index contributed by atoms with van der Waals surface area (Å²) in [4.78, 5) is 12.2. The maximum absolute atomic E-state index is 12.2. The van der Waals surface area contributed by atoms with Gasteiger partial charge in [0.1, 0.15) is 12.4 Å². The van der Waals surface area contributed by atoms with Gasteiger partial charge < -0.3 is 19.3 Å². The molecule has 116 valence electrons. The lowest BCUT2D eigenvalue weighted by Crippen LogP contribution is -2.27. The number of carbonyl (C=O) groups is 1. The van der Waals surface area contributed by atoms with Crippen LogP contribution in [0.5, 0.6) is 5.75 Å². The first kappa shape index (κ1) is 14.6. The Kier molecular flexibility index (Phi) is 4.39. The van der Waals surface area contributed by atoms with Crippen molar-refractivity contribution in [2.75, 3.05) is 19.8 Å². The molecule has 0 saturated carbocycles. The summed E-state index contributed by atoms with van der Waals surface area (Å²) in [5.74, 6) is 1.11. The van der Waals surface area contributed by atoms with Crippen molar-refractivity contribution in [2.45, 2.75) is 20.0 Å². The summed E-state index contributed by atoms with van der Waals surface area (Å²) in [5, 5.41) is 6.73. The molecule has 6 nitrogen and oxygen atoms in total. The van der Waals surface area contributed by atoms with E-state index in [2.05, 4.69) is 10.5 Å². The number of nitrogens with one attached hydrogen (secondary N) is 1. The van der Waals surface area contributed by atoms with E-state index in [9.17, 15) is 4.79 Å². The van der Waals surface area contributed by atoms with E-state index < -0.39 is 0 Å². The second kappa shape index (κ2) is 6.62. The zero-order chi connectivity index (χ0) is 15.4. The molecule has 1 N–H and O–H groups in total. The number of hydrogen-bond donors (Lipinski definition) is 1. The van der Waals surface area contributed by atoms with Crippen LogP contribution >= 0.6 is 0 Å². The van der Waals surface area contributed by atoms with Crippen LogP contribution in [0.4, 0.5) is 0 Å². The minimum atomic E-state index is -0.246. The molecule has 0 fully saturated rings. The summed E-state index contributed by atoms with van der Waals surface area (Å²) in [6.45, 7) is 4.08. The minimum absolute atomic E-state index is 0.246. The maximum atomic E-state index is 12.2. The van der Waals surface area contributed by atoms with Crippen molar-refractivity contribution in [3.63, 3.8) is 0 Å². The minimum Gasteiger partial charge on any atom is -0.488 e. The third kappa shape index (κ3) is 2.82. The van der Waals surface area contributed by atoms with Gasteiger partial charge in [0.2, 0.25) is 0 Å². The van der Waals surface area contributed by atoms with Gasteiger partial charge in [-0.3, -0.25) is 4.79 Å². The number of rotatable bonds is 6. The van der Waals surface area contributed by atoms with E-state index in [-0.39, 0.29) is 12.5 Å². The third-order valence-electron chi connectivity index (χ3n) is 3.46. The first-order valence-corrected chi connectivity index (χ1v) is 7.38. The summed E-state index contributed by atoms with van der Waals surface area (Å²) in [5.41, 5.74) is 1.81. The van der Waals surface area contributed by atoms with Gasteiger partial charge in [-0.05, 0) is 25.5 Å². The lowest BCUT2D eigenvalue weighted by atomic mass is 10.0. The van der Waals surface area contributed by atoms with Crippen LogP contribution in [0, 0.1) is 0 Å². The van der Waals surface area contributed by atoms with Crippen LogP contribution in [0.25, 0.3) is 11.3 Å². The third-order valence-corrected chi connectivity index (χ3v) is 3.46. The van der Waals surface area contributed by atoms with Crippen LogP contribution in [-0.4, -0.2) is 30.8 Å². The molecule has 1 aromatic carbocycles. The molecule has 2 aromatic rings. The molecular weight excluding hydrogens is 284 g/mol. The Bertz CT molecular complexity index is 666. The maximum Gasteiger partial charge on any atom is 0.273 e. The second-order valence-corrected chi connectivity index (χ2v) is 4.93. The lowest BCUT2D eigenvalue weighted by molar-refractivity contribution is 0.0933. The number of fused-ring (bicyclic) bond motifs is 3. The molecule has 1 amide bonds. The fourth-order valence-electron chi connectivity index (χ4n) is 2.37. The second-order valence-electron chi connectivity index (χ2n) is 4.93. The van der Waals surface area contributed by atoms with Gasteiger partial charge in [0.15, 0.2) is 11.5 Å². The van der Waals surface area contributed by atoms with Crippen LogP contribution in [0.15, 0.2) is 28.8 Å². The molecule has 22 heavy (non-hydrogen) atoms. The zero-order valence-electron chi connectivity index (χ0n) is 12.4. The highest BCUT2D eigenvalue weighted by molar-refractivity contribution is 5.95. The number of ether oxygens (including phenoxy) is 2. The highest BCUT2D eigenvalue weighted by atomic mass is 16.5. The molecule has 0 aliphatic carbocycles. The smallest absolute Gasteiger partial charge is 0.273 e. The van der Waals surface area contributed by atoms with Gasteiger partial charge >= 0.3 is 0 Å². The van der Waals surface area contributed by atoms with E-state index in [0.29, 0.717) is 36.8 Å². The van der Waals surface area contributed by atoms with Gasteiger partial charge in [-0.2, -0.15) is 0 Å². The van der Waals surface area contributed by atoms with Crippen molar-refractivity contribution in [1.82, 2.24) is 10.5 Å². The predicted octanol–water partition coefficient (Wildman–Crippen LogP) is 2.39. The molecule has 1 aromatic heterocycles. The number of nitrogens with zero attached hydrogens (tertiary/aromatic N) is 1. The molecule has 2 heterocycles. The van der Waals surface area contributed by atoms with Gasteiger partial charge in [-0.25, -0.2) is 0 Å². The number of para-hydroxylation sites is 1. The summed E-state index contributed by atoms with van der Waals surface area (Å²) in [7, 11) is 0.